The lowest BCUT2D eigenvalue weighted by molar-refractivity contribution is 0.0477. The van der Waals surface area contributed by atoms with Gasteiger partial charge in [0, 0.05) is 22.7 Å². The maximum absolute atomic E-state index is 12.6. The number of carbonyl (C=O) groups excluding carboxylic acids is 2. The zero-order valence-electron chi connectivity index (χ0n) is 15.0. The fraction of sp³-hybridized carbons (Fsp3) is 0.130. The van der Waals surface area contributed by atoms with Gasteiger partial charge in [-0.05, 0) is 28.8 Å². The van der Waals surface area contributed by atoms with E-state index in [9.17, 15) is 9.59 Å². The number of ketones is 1. The Labute approximate surface area is 156 Å². The summed E-state index contributed by atoms with van der Waals surface area (Å²) in [6.07, 6.45) is 2.57. The van der Waals surface area contributed by atoms with Gasteiger partial charge in [0.15, 0.2) is 6.61 Å². The third kappa shape index (κ3) is 3.10. The first-order valence-corrected chi connectivity index (χ1v) is 8.96. The van der Waals surface area contributed by atoms with Gasteiger partial charge in [0.05, 0.1) is 5.56 Å². The van der Waals surface area contributed by atoms with Crippen LogP contribution < -0.4 is 0 Å². The number of fused-ring (bicyclic) bond motifs is 2. The Hall–Kier alpha value is -3.40. The van der Waals surface area contributed by atoms with Gasteiger partial charge in [0.1, 0.15) is 0 Å². The van der Waals surface area contributed by atoms with Gasteiger partial charge in [-0.25, -0.2) is 4.79 Å². The molecule has 134 valence electrons. The molecule has 1 aromatic heterocycles. The highest BCUT2D eigenvalue weighted by Crippen LogP contribution is 2.23. The van der Waals surface area contributed by atoms with Gasteiger partial charge in [0.25, 0.3) is 0 Å². The van der Waals surface area contributed by atoms with Crippen LogP contribution >= 0.6 is 0 Å². The van der Waals surface area contributed by atoms with Crippen LogP contribution in [0.5, 0.6) is 0 Å². The van der Waals surface area contributed by atoms with Crippen molar-refractivity contribution in [1.29, 1.82) is 0 Å². The Kier molecular flexibility index (Phi) is 4.47. The molecule has 4 nitrogen and oxygen atoms in total. The molecule has 4 heteroatoms. The molecule has 4 aromatic rings. The van der Waals surface area contributed by atoms with Crippen LogP contribution in [0, 0.1) is 0 Å². The van der Waals surface area contributed by atoms with Crippen LogP contribution in [-0.2, 0) is 11.2 Å². The number of benzene rings is 3. The minimum atomic E-state index is -0.491. The Morgan fingerprint density at radius 2 is 1.63 bits per heavy atom. The molecule has 0 atom stereocenters. The first-order chi connectivity index (χ1) is 13.2. The summed E-state index contributed by atoms with van der Waals surface area (Å²) in [4.78, 5) is 28.3. The summed E-state index contributed by atoms with van der Waals surface area (Å²) in [5, 5.41) is 2.64. The minimum Gasteiger partial charge on any atom is -0.454 e. The van der Waals surface area contributed by atoms with Gasteiger partial charge in [-0.1, -0.05) is 61.5 Å². The number of aromatic amines is 1. The van der Waals surface area contributed by atoms with Crippen molar-refractivity contribution < 1.29 is 14.3 Å². The van der Waals surface area contributed by atoms with Crippen molar-refractivity contribution >= 4 is 33.4 Å². The zero-order chi connectivity index (χ0) is 18.8. The van der Waals surface area contributed by atoms with Crippen LogP contribution in [0.2, 0.25) is 0 Å². The number of aryl methyl sites for hydroxylation is 1. The molecule has 4 rings (SSSR count). The maximum Gasteiger partial charge on any atom is 0.339 e. The number of hydrogen-bond acceptors (Lipinski definition) is 3. The van der Waals surface area contributed by atoms with Gasteiger partial charge in [-0.2, -0.15) is 0 Å². The molecule has 0 radical (unpaired) electrons. The van der Waals surface area contributed by atoms with Gasteiger partial charge in [-0.3, -0.25) is 4.79 Å². The van der Waals surface area contributed by atoms with Crippen LogP contribution in [0.1, 0.15) is 33.2 Å². The van der Waals surface area contributed by atoms with E-state index in [0.717, 1.165) is 33.7 Å². The van der Waals surface area contributed by atoms with E-state index in [2.05, 4.69) is 11.9 Å². The molecule has 0 saturated carbocycles. The standard InChI is InChI=1S/C23H19NO3/c1-2-15-8-5-11-18-20(13-24-22(15)18)21(25)14-27-23(26)19-12-6-9-16-7-3-4-10-17(16)19/h3-13,24H,2,14H2,1H3. The van der Waals surface area contributed by atoms with E-state index in [4.69, 9.17) is 4.74 Å². The Morgan fingerprint density at radius 3 is 2.48 bits per heavy atom. The number of aromatic nitrogens is 1. The molecule has 0 fully saturated rings. The highest BCUT2D eigenvalue weighted by Gasteiger charge is 2.17. The van der Waals surface area contributed by atoms with Crippen molar-refractivity contribution in [2.75, 3.05) is 6.61 Å². The van der Waals surface area contributed by atoms with E-state index in [1.807, 2.05) is 54.6 Å². The molecule has 0 saturated heterocycles. The summed E-state index contributed by atoms with van der Waals surface area (Å²) in [6, 6.07) is 19.0. The molecule has 0 bridgehead atoms. The number of rotatable bonds is 5. The number of Topliss-reactive ketones (excluding diaryl/α,β-unsaturated/α-hetero) is 1. The second-order valence-corrected chi connectivity index (χ2v) is 6.42. The maximum atomic E-state index is 12.6. The van der Waals surface area contributed by atoms with Crippen molar-refractivity contribution in [3.05, 3.63) is 83.6 Å². The van der Waals surface area contributed by atoms with Crippen LogP contribution in [0.3, 0.4) is 0 Å². The lowest BCUT2D eigenvalue weighted by Gasteiger charge is -2.07. The van der Waals surface area contributed by atoms with Crippen LogP contribution in [0.25, 0.3) is 21.7 Å². The number of H-pyrrole nitrogens is 1. The summed E-state index contributed by atoms with van der Waals surface area (Å²) < 4.78 is 5.32. The van der Waals surface area contributed by atoms with Crippen LogP contribution in [0.4, 0.5) is 0 Å². The smallest absolute Gasteiger partial charge is 0.339 e. The number of esters is 1. The fourth-order valence-corrected chi connectivity index (χ4v) is 3.43. The van der Waals surface area contributed by atoms with Crippen LogP contribution in [0.15, 0.2) is 66.9 Å². The summed E-state index contributed by atoms with van der Waals surface area (Å²) in [7, 11) is 0. The highest BCUT2D eigenvalue weighted by atomic mass is 16.5. The van der Waals surface area contributed by atoms with E-state index >= 15 is 0 Å². The predicted molar refractivity (Wildman–Crippen MR) is 106 cm³/mol. The largest absolute Gasteiger partial charge is 0.454 e. The van der Waals surface area contributed by atoms with E-state index < -0.39 is 5.97 Å². The van der Waals surface area contributed by atoms with Crippen LogP contribution in [-0.4, -0.2) is 23.3 Å². The quantitative estimate of drug-likeness (QED) is 0.407. The number of carbonyl (C=O) groups is 2. The van der Waals surface area contributed by atoms with Gasteiger partial charge in [0.2, 0.25) is 5.78 Å². The van der Waals surface area contributed by atoms with Gasteiger partial charge >= 0.3 is 5.97 Å². The lowest BCUT2D eigenvalue weighted by Crippen LogP contribution is -2.14. The molecule has 0 aliphatic rings. The number of para-hydroxylation sites is 1. The Balaban J connectivity index is 1.55. The molecular formula is C23H19NO3. The third-order valence-electron chi connectivity index (χ3n) is 4.83. The Morgan fingerprint density at radius 1 is 0.889 bits per heavy atom. The highest BCUT2D eigenvalue weighted by molar-refractivity contribution is 6.10. The minimum absolute atomic E-state index is 0.219. The lowest BCUT2D eigenvalue weighted by atomic mass is 10.0. The predicted octanol–water partition coefficient (Wildman–Crippen LogP) is 4.92. The number of hydrogen-bond donors (Lipinski definition) is 1. The van der Waals surface area contributed by atoms with Gasteiger partial charge in [-0.15, -0.1) is 0 Å². The first-order valence-electron chi connectivity index (χ1n) is 8.96. The van der Waals surface area contributed by atoms with Crippen molar-refractivity contribution in [3.8, 4) is 0 Å². The molecule has 0 aliphatic heterocycles. The Bertz CT molecular complexity index is 1150. The SMILES string of the molecule is CCc1cccc2c(C(=O)COC(=O)c3cccc4ccccc34)c[nH]c12. The molecule has 3 aromatic carbocycles. The molecule has 1 heterocycles. The normalized spacial score (nSPS) is 11.0. The third-order valence-corrected chi connectivity index (χ3v) is 4.83. The first kappa shape index (κ1) is 17.0. The van der Waals surface area contributed by atoms with Crippen molar-refractivity contribution in [3.63, 3.8) is 0 Å². The average molecular weight is 357 g/mol. The van der Waals surface area contributed by atoms with Crippen molar-refractivity contribution in [2.45, 2.75) is 13.3 Å². The fourth-order valence-electron chi connectivity index (χ4n) is 3.43. The van der Waals surface area contributed by atoms with E-state index in [1.165, 1.54) is 0 Å². The molecule has 1 N–H and O–H groups in total. The van der Waals surface area contributed by atoms with E-state index in [1.54, 1.807) is 12.3 Å². The van der Waals surface area contributed by atoms with Crippen molar-refractivity contribution in [2.24, 2.45) is 0 Å². The van der Waals surface area contributed by atoms with E-state index in [-0.39, 0.29) is 12.4 Å². The summed E-state index contributed by atoms with van der Waals surface area (Å²) in [6.45, 7) is 1.79. The summed E-state index contributed by atoms with van der Waals surface area (Å²) in [5.41, 5.74) is 3.13. The average Bonchev–Trinajstić information content (AvgIpc) is 3.15. The monoisotopic (exact) mass is 357 g/mol. The zero-order valence-corrected chi connectivity index (χ0v) is 15.0. The molecule has 0 spiro atoms. The van der Waals surface area contributed by atoms with E-state index in [0.29, 0.717) is 11.1 Å². The number of nitrogens with one attached hydrogen (secondary N) is 1. The second-order valence-electron chi connectivity index (χ2n) is 6.42. The molecule has 0 amide bonds. The second kappa shape index (κ2) is 7.08. The topological polar surface area (TPSA) is 59.2 Å². The summed E-state index contributed by atoms with van der Waals surface area (Å²) >= 11 is 0. The summed E-state index contributed by atoms with van der Waals surface area (Å²) in [5.74, 6) is -0.711. The van der Waals surface area contributed by atoms with Crippen molar-refractivity contribution in [1.82, 2.24) is 4.98 Å². The molecular weight excluding hydrogens is 338 g/mol. The molecule has 0 unspecified atom stereocenters. The molecule has 27 heavy (non-hydrogen) atoms. The van der Waals surface area contributed by atoms with Gasteiger partial charge < -0.3 is 9.72 Å². The number of ether oxygens (including phenoxy) is 1. The molecule has 0 aliphatic carbocycles.